The normalized spacial score (nSPS) is 13.5. The van der Waals surface area contributed by atoms with E-state index in [0.29, 0.717) is 4.95 Å². The molecule has 0 spiro atoms. The smallest absolute Gasteiger partial charge is 0.0979 e. The highest BCUT2D eigenvalue weighted by Crippen LogP contribution is 2.27. The maximum absolute atomic E-state index is 3.51. The third-order valence-electron chi connectivity index (χ3n) is 1.39. The average Bonchev–Trinajstić information content (AvgIpc) is 2.34. The molecule has 0 fully saturated rings. The zero-order chi connectivity index (χ0) is 7.56. The molecule has 1 N–H and O–H groups in total. The molecule has 0 aliphatic rings. The van der Waals surface area contributed by atoms with Crippen molar-refractivity contribution in [3.05, 3.63) is 21.9 Å². The molecule has 1 heterocycles. The standard InChI is InChI=1S/C7H10BrNS/c1-5-3-4-10-6(5)7(8)9-2/h3-4,7,9H,1-2H3. The Balaban J connectivity index is 2.82. The molecule has 0 saturated carbocycles. The number of aryl methyl sites for hydroxylation is 1. The quantitative estimate of drug-likeness (QED) is 0.596. The number of nitrogens with one attached hydrogen (secondary N) is 1. The van der Waals surface area contributed by atoms with E-state index < -0.39 is 0 Å². The molecule has 0 saturated heterocycles. The molecule has 1 aromatic heterocycles. The van der Waals surface area contributed by atoms with Gasteiger partial charge in [0.05, 0.1) is 4.95 Å². The average molecular weight is 220 g/mol. The Kier molecular flexibility index (Phi) is 2.89. The van der Waals surface area contributed by atoms with Crippen LogP contribution >= 0.6 is 27.3 Å². The van der Waals surface area contributed by atoms with Crippen LogP contribution in [-0.2, 0) is 0 Å². The molecule has 1 nitrogen and oxygen atoms in total. The molecule has 3 heteroatoms. The van der Waals surface area contributed by atoms with Gasteiger partial charge >= 0.3 is 0 Å². The molecule has 0 aromatic carbocycles. The largest absolute Gasteiger partial charge is 0.304 e. The van der Waals surface area contributed by atoms with E-state index >= 15 is 0 Å². The molecule has 1 aromatic rings. The summed E-state index contributed by atoms with van der Waals surface area (Å²) in [5.74, 6) is 0. The highest BCUT2D eigenvalue weighted by molar-refractivity contribution is 9.09. The van der Waals surface area contributed by atoms with Crippen molar-refractivity contribution in [2.75, 3.05) is 7.05 Å². The van der Waals surface area contributed by atoms with Gasteiger partial charge in [0, 0.05) is 4.88 Å². The van der Waals surface area contributed by atoms with Crippen LogP contribution in [0.1, 0.15) is 15.4 Å². The van der Waals surface area contributed by atoms with Gasteiger partial charge in [0.2, 0.25) is 0 Å². The van der Waals surface area contributed by atoms with E-state index in [0.717, 1.165) is 0 Å². The van der Waals surface area contributed by atoms with Crippen LogP contribution in [0.2, 0.25) is 0 Å². The minimum absolute atomic E-state index is 0.312. The van der Waals surface area contributed by atoms with Crippen molar-refractivity contribution in [2.45, 2.75) is 11.9 Å². The molecule has 0 radical (unpaired) electrons. The van der Waals surface area contributed by atoms with Gasteiger partial charge in [-0.3, -0.25) is 0 Å². The van der Waals surface area contributed by atoms with Crippen LogP contribution in [0.3, 0.4) is 0 Å². The first-order valence-corrected chi connectivity index (χ1v) is 4.90. The fraction of sp³-hybridized carbons (Fsp3) is 0.429. The fourth-order valence-corrected chi connectivity index (χ4v) is 2.37. The summed E-state index contributed by atoms with van der Waals surface area (Å²) >= 11 is 5.29. The lowest BCUT2D eigenvalue weighted by Gasteiger charge is -2.05. The summed E-state index contributed by atoms with van der Waals surface area (Å²) in [5, 5.41) is 5.24. The third kappa shape index (κ3) is 1.59. The predicted octanol–water partition coefficient (Wildman–Crippen LogP) is 2.67. The second kappa shape index (κ2) is 3.51. The van der Waals surface area contributed by atoms with Crippen LogP contribution < -0.4 is 5.32 Å². The number of rotatable bonds is 2. The topological polar surface area (TPSA) is 12.0 Å². The van der Waals surface area contributed by atoms with E-state index in [4.69, 9.17) is 0 Å². The molecular formula is C7H10BrNS. The van der Waals surface area contributed by atoms with Crippen molar-refractivity contribution in [2.24, 2.45) is 0 Å². The van der Waals surface area contributed by atoms with Gasteiger partial charge in [-0.1, -0.05) is 15.9 Å². The highest BCUT2D eigenvalue weighted by Gasteiger charge is 2.07. The molecule has 0 amide bonds. The Bertz CT molecular complexity index is 209. The fourth-order valence-electron chi connectivity index (χ4n) is 0.775. The van der Waals surface area contributed by atoms with Crippen molar-refractivity contribution in [1.82, 2.24) is 5.32 Å². The predicted molar refractivity (Wildman–Crippen MR) is 49.8 cm³/mol. The monoisotopic (exact) mass is 219 g/mol. The first kappa shape index (κ1) is 8.24. The van der Waals surface area contributed by atoms with Crippen LogP contribution in [-0.4, -0.2) is 7.05 Å². The molecule has 0 bridgehead atoms. The highest BCUT2D eigenvalue weighted by atomic mass is 79.9. The van der Waals surface area contributed by atoms with Gasteiger partial charge in [0.1, 0.15) is 0 Å². The Hall–Kier alpha value is 0.140. The molecule has 1 rings (SSSR count). The third-order valence-corrected chi connectivity index (χ3v) is 3.69. The summed E-state index contributed by atoms with van der Waals surface area (Å²) in [4.78, 5) is 1.68. The number of hydrogen-bond donors (Lipinski definition) is 1. The molecule has 1 unspecified atom stereocenters. The lowest BCUT2D eigenvalue weighted by atomic mass is 10.3. The molecule has 56 valence electrons. The van der Waals surface area contributed by atoms with E-state index in [1.54, 1.807) is 11.3 Å². The summed E-state index contributed by atoms with van der Waals surface area (Å²) in [5.41, 5.74) is 1.35. The van der Waals surface area contributed by atoms with E-state index in [-0.39, 0.29) is 0 Å². The van der Waals surface area contributed by atoms with Crippen LogP contribution in [0.4, 0.5) is 0 Å². The summed E-state index contributed by atoms with van der Waals surface area (Å²) in [6.07, 6.45) is 0. The van der Waals surface area contributed by atoms with Crippen molar-refractivity contribution in [1.29, 1.82) is 0 Å². The van der Waals surface area contributed by atoms with Gasteiger partial charge in [-0.2, -0.15) is 0 Å². The van der Waals surface area contributed by atoms with Crippen LogP contribution in [0.5, 0.6) is 0 Å². The SMILES string of the molecule is CNC(Br)c1sccc1C. The lowest BCUT2D eigenvalue weighted by molar-refractivity contribution is 0.817. The van der Waals surface area contributed by atoms with E-state index in [2.05, 4.69) is 39.6 Å². The minimum atomic E-state index is 0.312. The van der Waals surface area contributed by atoms with Crippen molar-refractivity contribution in [3.8, 4) is 0 Å². The van der Waals surface area contributed by atoms with E-state index in [9.17, 15) is 0 Å². The van der Waals surface area contributed by atoms with Crippen LogP contribution in [0.25, 0.3) is 0 Å². The second-order valence-corrected chi connectivity index (χ2v) is 3.98. The molecule has 0 aliphatic carbocycles. The number of hydrogen-bond acceptors (Lipinski definition) is 2. The van der Waals surface area contributed by atoms with Crippen molar-refractivity contribution in [3.63, 3.8) is 0 Å². The number of alkyl halides is 1. The zero-order valence-electron chi connectivity index (χ0n) is 6.02. The Morgan fingerprint density at radius 2 is 2.40 bits per heavy atom. The van der Waals surface area contributed by atoms with Crippen LogP contribution in [0.15, 0.2) is 11.4 Å². The van der Waals surface area contributed by atoms with Crippen LogP contribution in [0, 0.1) is 6.92 Å². The summed E-state index contributed by atoms with van der Waals surface area (Å²) in [6, 6.07) is 2.13. The van der Waals surface area contributed by atoms with Crippen molar-refractivity contribution >= 4 is 27.3 Å². The maximum Gasteiger partial charge on any atom is 0.0979 e. The summed E-state index contributed by atoms with van der Waals surface area (Å²) in [7, 11) is 1.94. The first-order chi connectivity index (χ1) is 4.75. The Labute approximate surface area is 73.6 Å². The van der Waals surface area contributed by atoms with Crippen molar-refractivity contribution < 1.29 is 0 Å². The number of thiophene rings is 1. The molecular weight excluding hydrogens is 210 g/mol. The van der Waals surface area contributed by atoms with Gasteiger partial charge in [0.25, 0.3) is 0 Å². The first-order valence-electron chi connectivity index (χ1n) is 3.11. The zero-order valence-corrected chi connectivity index (χ0v) is 8.42. The molecule has 10 heavy (non-hydrogen) atoms. The Morgan fingerprint density at radius 1 is 1.70 bits per heavy atom. The van der Waals surface area contributed by atoms with Gasteiger partial charge in [-0.15, -0.1) is 11.3 Å². The molecule has 1 atom stereocenters. The van der Waals surface area contributed by atoms with Gasteiger partial charge in [-0.25, -0.2) is 0 Å². The lowest BCUT2D eigenvalue weighted by Crippen LogP contribution is -2.08. The van der Waals surface area contributed by atoms with E-state index in [1.165, 1.54) is 10.4 Å². The minimum Gasteiger partial charge on any atom is -0.304 e. The maximum atomic E-state index is 3.51. The van der Waals surface area contributed by atoms with Gasteiger partial charge in [0.15, 0.2) is 0 Å². The van der Waals surface area contributed by atoms with E-state index in [1.807, 2.05) is 7.05 Å². The molecule has 0 aliphatic heterocycles. The van der Waals surface area contributed by atoms with Gasteiger partial charge < -0.3 is 5.32 Å². The second-order valence-electron chi connectivity index (χ2n) is 2.12. The van der Waals surface area contributed by atoms with Gasteiger partial charge in [-0.05, 0) is 31.0 Å². The Morgan fingerprint density at radius 3 is 2.80 bits per heavy atom. The summed E-state index contributed by atoms with van der Waals surface area (Å²) < 4.78 is 0. The number of halogens is 1. The summed E-state index contributed by atoms with van der Waals surface area (Å²) in [6.45, 7) is 2.12.